The van der Waals surface area contributed by atoms with E-state index < -0.39 is 5.82 Å². The van der Waals surface area contributed by atoms with Crippen LogP contribution in [0.1, 0.15) is 37.6 Å². The highest BCUT2D eigenvalue weighted by Crippen LogP contribution is 2.15. The van der Waals surface area contributed by atoms with Crippen molar-refractivity contribution in [1.82, 2.24) is 9.88 Å². The fraction of sp³-hybridized carbons (Fsp3) is 0.500. The van der Waals surface area contributed by atoms with Crippen LogP contribution < -0.4 is 5.73 Å². The summed E-state index contributed by atoms with van der Waals surface area (Å²) in [4.78, 5) is 17.5. The molecule has 5 heteroatoms. The molecule has 94 valence electrons. The van der Waals surface area contributed by atoms with E-state index in [1.807, 2.05) is 20.8 Å². The SMILES string of the molecule is CCC(C)N(CC)C(=O)c1cc(F)cnc1N. The molecule has 1 atom stereocenters. The fourth-order valence-corrected chi connectivity index (χ4v) is 1.65. The number of rotatable bonds is 4. The van der Waals surface area contributed by atoms with Crippen molar-refractivity contribution >= 4 is 11.7 Å². The van der Waals surface area contributed by atoms with Crippen molar-refractivity contribution in [2.24, 2.45) is 0 Å². The van der Waals surface area contributed by atoms with Gasteiger partial charge in [-0.25, -0.2) is 9.37 Å². The average molecular weight is 239 g/mol. The summed E-state index contributed by atoms with van der Waals surface area (Å²) in [5.74, 6) is -0.757. The second kappa shape index (κ2) is 5.61. The van der Waals surface area contributed by atoms with Crippen LogP contribution in [-0.2, 0) is 0 Å². The molecule has 0 bridgehead atoms. The van der Waals surface area contributed by atoms with Gasteiger partial charge in [0.05, 0.1) is 11.8 Å². The predicted octanol–water partition coefficient (Wildman–Crippen LogP) is 2.06. The van der Waals surface area contributed by atoms with Crippen LogP contribution in [0.3, 0.4) is 0 Å². The Labute approximate surface area is 101 Å². The Bertz CT molecular complexity index is 409. The standard InChI is InChI=1S/C12H18FN3O/c1-4-8(3)16(5-2)12(17)10-6-9(13)7-15-11(10)14/h6-8H,4-5H2,1-3H3,(H2,14,15). The summed E-state index contributed by atoms with van der Waals surface area (Å²) in [6, 6.07) is 1.23. The molecule has 1 unspecified atom stereocenters. The molecule has 1 aromatic heterocycles. The Morgan fingerprint density at radius 1 is 1.59 bits per heavy atom. The molecular weight excluding hydrogens is 221 g/mol. The van der Waals surface area contributed by atoms with E-state index in [0.717, 1.165) is 18.7 Å². The van der Waals surface area contributed by atoms with Crippen molar-refractivity contribution in [3.63, 3.8) is 0 Å². The third-order valence-electron chi connectivity index (χ3n) is 2.84. The van der Waals surface area contributed by atoms with E-state index in [-0.39, 0.29) is 23.3 Å². The molecule has 0 aliphatic carbocycles. The Morgan fingerprint density at radius 3 is 2.76 bits per heavy atom. The first-order valence-electron chi connectivity index (χ1n) is 5.73. The Balaban J connectivity index is 3.05. The lowest BCUT2D eigenvalue weighted by atomic mass is 10.1. The van der Waals surface area contributed by atoms with Crippen LogP contribution in [0.5, 0.6) is 0 Å². The third kappa shape index (κ3) is 2.93. The van der Waals surface area contributed by atoms with E-state index in [1.54, 1.807) is 4.90 Å². The Hall–Kier alpha value is -1.65. The van der Waals surface area contributed by atoms with Gasteiger partial charge in [0.15, 0.2) is 0 Å². The number of amides is 1. The number of nitrogens with two attached hydrogens (primary N) is 1. The van der Waals surface area contributed by atoms with Gasteiger partial charge in [-0.15, -0.1) is 0 Å². The zero-order valence-corrected chi connectivity index (χ0v) is 10.4. The van der Waals surface area contributed by atoms with Gasteiger partial charge in [-0.2, -0.15) is 0 Å². The summed E-state index contributed by atoms with van der Waals surface area (Å²) in [7, 11) is 0. The van der Waals surface area contributed by atoms with Crippen LogP contribution in [0.25, 0.3) is 0 Å². The summed E-state index contributed by atoms with van der Waals surface area (Å²) in [5.41, 5.74) is 5.73. The Kier molecular flexibility index (Phi) is 4.43. The predicted molar refractivity (Wildman–Crippen MR) is 65.1 cm³/mol. The van der Waals surface area contributed by atoms with Gasteiger partial charge < -0.3 is 10.6 Å². The van der Waals surface area contributed by atoms with Crippen LogP contribution in [0.2, 0.25) is 0 Å². The van der Waals surface area contributed by atoms with Gasteiger partial charge in [0.1, 0.15) is 11.6 Å². The number of nitrogens with zero attached hydrogens (tertiary/aromatic N) is 2. The van der Waals surface area contributed by atoms with Crippen molar-refractivity contribution in [3.8, 4) is 0 Å². The van der Waals surface area contributed by atoms with Crippen LogP contribution >= 0.6 is 0 Å². The van der Waals surface area contributed by atoms with Crippen molar-refractivity contribution in [3.05, 3.63) is 23.6 Å². The molecular formula is C12H18FN3O. The molecule has 1 rings (SSSR count). The van der Waals surface area contributed by atoms with Gasteiger partial charge in [-0.1, -0.05) is 6.92 Å². The first-order chi connectivity index (χ1) is 8.01. The molecule has 0 spiro atoms. The van der Waals surface area contributed by atoms with E-state index in [1.165, 1.54) is 0 Å². The number of pyridine rings is 1. The van der Waals surface area contributed by atoms with Crippen molar-refractivity contribution in [2.75, 3.05) is 12.3 Å². The minimum Gasteiger partial charge on any atom is -0.383 e. The minimum absolute atomic E-state index is 0.0677. The zero-order chi connectivity index (χ0) is 13.0. The van der Waals surface area contributed by atoms with Crippen LogP contribution in [-0.4, -0.2) is 28.4 Å². The smallest absolute Gasteiger partial charge is 0.257 e. The fourth-order valence-electron chi connectivity index (χ4n) is 1.65. The molecule has 0 saturated heterocycles. The van der Waals surface area contributed by atoms with Crippen LogP contribution in [0, 0.1) is 5.82 Å². The quantitative estimate of drug-likeness (QED) is 0.875. The second-order valence-electron chi connectivity index (χ2n) is 3.93. The highest BCUT2D eigenvalue weighted by atomic mass is 19.1. The number of halogens is 1. The molecule has 2 N–H and O–H groups in total. The molecule has 17 heavy (non-hydrogen) atoms. The first kappa shape index (κ1) is 13.4. The number of anilines is 1. The van der Waals surface area contributed by atoms with Gasteiger partial charge in [-0.05, 0) is 26.3 Å². The molecule has 0 radical (unpaired) electrons. The summed E-state index contributed by atoms with van der Waals surface area (Å²) in [5, 5.41) is 0. The lowest BCUT2D eigenvalue weighted by Crippen LogP contribution is -2.38. The van der Waals surface area contributed by atoms with Gasteiger partial charge >= 0.3 is 0 Å². The second-order valence-corrected chi connectivity index (χ2v) is 3.93. The van der Waals surface area contributed by atoms with E-state index in [9.17, 15) is 9.18 Å². The maximum Gasteiger partial charge on any atom is 0.257 e. The number of nitrogen functional groups attached to an aromatic ring is 1. The number of aromatic nitrogens is 1. The molecule has 1 aromatic rings. The van der Waals surface area contributed by atoms with Gasteiger partial charge in [0.25, 0.3) is 5.91 Å². The van der Waals surface area contributed by atoms with E-state index in [4.69, 9.17) is 5.73 Å². The van der Waals surface area contributed by atoms with Gasteiger partial charge in [-0.3, -0.25) is 4.79 Å². The minimum atomic E-state index is -0.553. The average Bonchev–Trinajstić information content (AvgIpc) is 2.32. The normalized spacial score (nSPS) is 12.2. The van der Waals surface area contributed by atoms with E-state index in [2.05, 4.69) is 4.98 Å². The van der Waals surface area contributed by atoms with Gasteiger partial charge in [0, 0.05) is 12.6 Å². The summed E-state index contributed by atoms with van der Waals surface area (Å²) in [6.45, 7) is 6.38. The summed E-state index contributed by atoms with van der Waals surface area (Å²) >= 11 is 0. The highest BCUT2D eigenvalue weighted by molar-refractivity contribution is 5.98. The van der Waals surface area contributed by atoms with E-state index >= 15 is 0 Å². The molecule has 1 heterocycles. The zero-order valence-electron chi connectivity index (χ0n) is 10.4. The topological polar surface area (TPSA) is 59.2 Å². The maximum absolute atomic E-state index is 13.1. The van der Waals surface area contributed by atoms with Crippen LogP contribution in [0.4, 0.5) is 10.2 Å². The number of hydrogen-bond acceptors (Lipinski definition) is 3. The largest absolute Gasteiger partial charge is 0.383 e. The number of carbonyl (C=O) groups is 1. The molecule has 4 nitrogen and oxygen atoms in total. The lowest BCUT2D eigenvalue weighted by molar-refractivity contribution is 0.0700. The molecule has 0 aliphatic rings. The van der Waals surface area contributed by atoms with Gasteiger partial charge in [0.2, 0.25) is 0 Å². The van der Waals surface area contributed by atoms with Crippen molar-refractivity contribution in [2.45, 2.75) is 33.2 Å². The Morgan fingerprint density at radius 2 is 2.24 bits per heavy atom. The highest BCUT2D eigenvalue weighted by Gasteiger charge is 2.21. The summed E-state index contributed by atoms with van der Waals surface area (Å²) < 4.78 is 13.1. The molecule has 1 amide bonds. The molecule has 0 fully saturated rings. The molecule has 0 aliphatic heterocycles. The molecule has 0 saturated carbocycles. The first-order valence-corrected chi connectivity index (χ1v) is 5.73. The number of carbonyl (C=O) groups excluding carboxylic acids is 1. The van der Waals surface area contributed by atoms with E-state index in [0.29, 0.717) is 6.54 Å². The van der Waals surface area contributed by atoms with Crippen molar-refractivity contribution in [1.29, 1.82) is 0 Å². The molecule has 0 aromatic carbocycles. The maximum atomic E-state index is 13.1. The monoisotopic (exact) mass is 239 g/mol. The van der Waals surface area contributed by atoms with Crippen LogP contribution in [0.15, 0.2) is 12.3 Å². The lowest BCUT2D eigenvalue weighted by Gasteiger charge is -2.27. The third-order valence-corrected chi connectivity index (χ3v) is 2.84. The summed E-state index contributed by atoms with van der Waals surface area (Å²) in [6.07, 6.45) is 1.84. The van der Waals surface area contributed by atoms with Crippen molar-refractivity contribution < 1.29 is 9.18 Å². The number of hydrogen-bond donors (Lipinski definition) is 1.